The summed E-state index contributed by atoms with van der Waals surface area (Å²) in [5.41, 5.74) is -1.23. The van der Waals surface area contributed by atoms with Gasteiger partial charge in [-0.05, 0) is 31.0 Å². The molecule has 1 N–H and O–H groups in total. The van der Waals surface area contributed by atoms with E-state index in [9.17, 15) is 9.90 Å². The standard InChI is InChI=1S/C13H16Cl2O3/c1-3-7-13(4-2,12(16)17)18-11-6-5-9(14)8-10(11)15/h5-6,8H,3-4,7H2,1-2H3,(H,16,17). The van der Waals surface area contributed by atoms with Crippen LogP contribution in [-0.4, -0.2) is 16.7 Å². The maximum absolute atomic E-state index is 11.4. The average molecular weight is 291 g/mol. The van der Waals surface area contributed by atoms with Crippen LogP contribution >= 0.6 is 23.2 Å². The maximum Gasteiger partial charge on any atom is 0.348 e. The number of carboxylic acid groups (broad SMARTS) is 1. The van der Waals surface area contributed by atoms with Crippen LogP contribution in [0.4, 0.5) is 0 Å². The molecular weight excluding hydrogens is 275 g/mol. The highest BCUT2D eigenvalue weighted by Crippen LogP contribution is 2.33. The van der Waals surface area contributed by atoms with Crippen molar-refractivity contribution in [1.29, 1.82) is 0 Å². The molecule has 0 radical (unpaired) electrons. The Morgan fingerprint density at radius 1 is 1.39 bits per heavy atom. The third-order valence-electron chi connectivity index (χ3n) is 2.81. The van der Waals surface area contributed by atoms with Gasteiger partial charge in [-0.2, -0.15) is 0 Å². The summed E-state index contributed by atoms with van der Waals surface area (Å²) in [6, 6.07) is 4.75. The summed E-state index contributed by atoms with van der Waals surface area (Å²) in [6.07, 6.45) is 1.51. The van der Waals surface area contributed by atoms with Crippen molar-refractivity contribution in [2.75, 3.05) is 0 Å². The average Bonchev–Trinajstić information content (AvgIpc) is 2.31. The Balaban J connectivity index is 3.06. The van der Waals surface area contributed by atoms with E-state index >= 15 is 0 Å². The highest BCUT2D eigenvalue weighted by Gasteiger charge is 2.38. The Labute approximate surface area is 117 Å². The number of hydrogen-bond donors (Lipinski definition) is 1. The second-order valence-electron chi connectivity index (χ2n) is 4.08. The van der Waals surface area contributed by atoms with Gasteiger partial charge in [0.25, 0.3) is 0 Å². The molecule has 0 saturated carbocycles. The smallest absolute Gasteiger partial charge is 0.348 e. The summed E-state index contributed by atoms with van der Waals surface area (Å²) in [5.74, 6) is -0.628. The Morgan fingerprint density at radius 3 is 2.50 bits per heavy atom. The van der Waals surface area contributed by atoms with Gasteiger partial charge < -0.3 is 9.84 Å². The van der Waals surface area contributed by atoms with Gasteiger partial charge in [0.05, 0.1) is 5.02 Å². The van der Waals surface area contributed by atoms with E-state index in [4.69, 9.17) is 27.9 Å². The third kappa shape index (κ3) is 3.30. The summed E-state index contributed by atoms with van der Waals surface area (Å²) in [6.45, 7) is 3.70. The molecule has 0 amide bonds. The molecule has 1 aromatic carbocycles. The molecule has 0 bridgehead atoms. The molecule has 0 spiro atoms. The van der Waals surface area contributed by atoms with Crippen molar-refractivity contribution < 1.29 is 14.6 Å². The molecule has 100 valence electrons. The lowest BCUT2D eigenvalue weighted by atomic mass is 9.94. The number of carboxylic acids is 1. The van der Waals surface area contributed by atoms with Crippen molar-refractivity contribution >= 4 is 29.2 Å². The molecule has 0 saturated heterocycles. The first-order valence-corrected chi connectivity index (χ1v) is 6.58. The van der Waals surface area contributed by atoms with Crippen molar-refractivity contribution in [3.05, 3.63) is 28.2 Å². The highest BCUT2D eigenvalue weighted by molar-refractivity contribution is 6.35. The van der Waals surface area contributed by atoms with E-state index in [1.165, 1.54) is 6.07 Å². The second kappa shape index (κ2) is 6.30. The summed E-state index contributed by atoms with van der Waals surface area (Å²) >= 11 is 11.8. The molecule has 18 heavy (non-hydrogen) atoms. The van der Waals surface area contributed by atoms with Crippen molar-refractivity contribution in [3.63, 3.8) is 0 Å². The molecule has 0 aliphatic heterocycles. The largest absolute Gasteiger partial charge is 0.478 e. The molecule has 3 nitrogen and oxygen atoms in total. The summed E-state index contributed by atoms with van der Waals surface area (Å²) < 4.78 is 5.65. The van der Waals surface area contributed by atoms with E-state index in [2.05, 4.69) is 0 Å². The van der Waals surface area contributed by atoms with Crippen molar-refractivity contribution in [2.24, 2.45) is 0 Å². The zero-order valence-corrected chi connectivity index (χ0v) is 11.9. The lowest BCUT2D eigenvalue weighted by Gasteiger charge is -2.29. The van der Waals surface area contributed by atoms with Crippen LogP contribution < -0.4 is 4.74 Å². The van der Waals surface area contributed by atoms with Crippen LogP contribution in [0.5, 0.6) is 5.75 Å². The number of hydrogen-bond acceptors (Lipinski definition) is 2. The zero-order chi connectivity index (χ0) is 13.8. The highest BCUT2D eigenvalue weighted by atomic mass is 35.5. The lowest BCUT2D eigenvalue weighted by Crippen LogP contribution is -2.44. The molecule has 1 rings (SSSR count). The third-order valence-corrected chi connectivity index (χ3v) is 3.34. The predicted molar refractivity (Wildman–Crippen MR) is 72.7 cm³/mol. The van der Waals surface area contributed by atoms with Gasteiger partial charge in [-0.15, -0.1) is 0 Å². The summed E-state index contributed by atoms with van der Waals surface area (Å²) in [7, 11) is 0. The Bertz CT molecular complexity index is 434. The van der Waals surface area contributed by atoms with Crippen LogP contribution in [0.3, 0.4) is 0 Å². The molecule has 0 aliphatic rings. The Kier molecular flexibility index (Phi) is 5.29. The SMILES string of the molecule is CCCC(CC)(Oc1ccc(Cl)cc1Cl)C(=O)O. The number of ether oxygens (including phenoxy) is 1. The number of aliphatic carboxylic acids is 1. The van der Waals surface area contributed by atoms with Crippen molar-refractivity contribution in [2.45, 2.75) is 38.7 Å². The predicted octanol–water partition coefficient (Wildman–Crippen LogP) is 4.41. The van der Waals surface area contributed by atoms with E-state index in [1.54, 1.807) is 19.1 Å². The van der Waals surface area contributed by atoms with Gasteiger partial charge in [0.2, 0.25) is 5.60 Å². The van der Waals surface area contributed by atoms with E-state index in [0.29, 0.717) is 35.1 Å². The molecule has 5 heteroatoms. The van der Waals surface area contributed by atoms with Gasteiger partial charge in [0.15, 0.2) is 0 Å². The molecule has 0 aromatic heterocycles. The minimum absolute atomic E-state index is 0.317. The van der Waals surface area contributed by atoms with E-state index in [1.807, 2.05) is 6.92 Å². The molecule has 0 heterocycles. The van der Waals surface area contributed by atoms with Crippen LogP contribution in [0.15, 0.2) is 18.2 Å². The fourth-order valence-electron chi connectivity index (χ4n) is 1.77. The number of halogens is 2. The van der Waals surface area contributed by atoms with Gasteiger partial charge in [0.1, 0.15) is 5.75 Å². The molecule has 0 fully saturated rings. The summed E-state index contributed by atoms with van der Waals surface area (Å²) in [4.78, 5) is 11.4. The van der Waals surface area contributed by atoms with Gasteiger partial charge in [0, 0.05) is 5.02 Å². The monoisotopic (exact) mass is 290 g/mol. The number of benzene rings is 1. The van der Waals surface area contributed by atoms with Gasteiger partial charge in [-0.1, -0.05) is 43.5 Å². The van der Waals surface area contributed by atoms with E-state index < -0.39 is 11.6 Å². The fraction of sp³-hybridized carbons (Fsp3) is 0.462. The normalized spacial score (nSPS) is 14.0. The van der Waals surface area contributed by atoms with Gasteiger partial charge in [-0.3, -0.25) is 0 Å². The zero-order valence-electron chi connectivity index (χ0n) is 10.4. The topological polar surface area (TPSA) is 46.5 Å². The first kappa shape index (κ1) is 15.1. The Morgan fingerprint density at radius 2 is 2.06 bits per heavy atom. The van der Waals surface area contributed by atoms with Crippen LogP contribution in [0.1, 0.15) is 33.1 Å². The van der Waals surface area contributed by atoms with Crippen LogP contribution in [0.2, 0.25) is 10.0 Å². The van der Waals surface area contributed by atoms with Gasteiger partial charge >= 0.3 is 5.97 Å². The van der Waals surface area contributed by atoms with Crippen LogP contribution in [-0.2, 0) is 4.79 Å². The van der Waals surface area contributed by atoms with Gasteiger partial charge in [-0.25, -0.2) is 4.79 Å². The quantitative estimate of drug-likeness (QED) is 0.844. The van der Waals surface area contributed by atoms with E-state index in [0.717, 1.165) is 0 Å². The fourth-order valence-corrected chi connectivity index (χ4v) is 2.22. The number of carbonyl (C=O) groups is 1. The molecule has 1 aromatic rings. The first-order chi connectivity index (χ1) is 8.45. The first-order valence-electron chi connectivity index (χ1n) is 5.82. The molecule has 1 unspecified atom stereocenters. The lowest BCUT2D eigenvalue weighted by molar-refractivity contribution is -0.156. The van der Waals surface area contributed by atoms with E-state index in [-0.39, 0.29) is 0 Å². The van der Waals surface area contributed by atoms with Crippen molar-refractivity contribution in [1.82, 2.24) is 0 Å². The molecule has 0 aliphatic carbocycles. The Hall–Kier alpha value is -0.930. The second-order valence-corrected chi connectivity index (χ2v) is 4.92. The van der Waals surface area contributed by atoms with Crippen molar-refractivity contribution in [3.8, 4) is 5.75 Å². The number of rotatable bonds is 6. The van der Waals surface area contributed by atoms with Crippen LogP contribution in [0.25, 0.3) is 0 Å². The minimum atomic E-state index is -1.23. The summed E-state index contributed by atoms with van der Waals surface area (Å²) in [5, 5.41) is 10.2. The molecule has 1 atom stereocenters. The minimum Gasteiger partial charge on any atom is -0.478 e. The van der Waals surface area contributed by atoms with Crippen LogP contribution in [0, 0.1) is 0 Å². The molecular formula is C13H16Cl2O3. The maximum atomic E-state index is 11.4.